The van der Waals surface area contributed by atoms with Crippen molar-refractivity contribution in [3.05, 3.63) is 29.5 Å². The molecule has 1 atom stereocenters. The fourth-order valence-electron chi connectivity index (χ4n) is 3.19. The quantitative estimate of drug-likeness (QED) is 0.906. The molecule has 8 nitrogen and oxygen atoms in total. The van der Waals surface area contributed by atoms with Crippen LogP contribution in [0.3, 0.4) is 0 Å². The van der Waals surface area contributed by atoms with Crippen LogP contribution in [0.25, 0.3) is 11.7 Å². The summed E-state index contributed by atoms with van der Waals surface area (Å²) < 4.78 is 1.82. The van der Waals surface area contributed by atoms with Gasteiger partial charge < -0.3 is 5.43 Å². The molecule has 4 heterocycles. The van der Waals surface area contributed by atoms with Crippen molar-refractivity contribution in [1.29, 1.82) is 0 Å². The SMILES string of the molecule is Cc1ncc(C)n2nc(/C=C/C3=NC(N4CCCC4)N(C)N3)nc12. The number of aromatic nitrogens is 4. The third-order valence-electron chi connectivity index (χ3n) is 4.48. The summed E-state index contributed by atoms with van der Waals surface area (Å²) in [5, 5.41) is 6.56. The van der Waals surface area contributed by atoms with Crippen molar-refractivity contribution < 1.29 is 0 Å². The second kappa shape index (κ2) is 5.95. The molecule has 0 amide bonds. The molecular weight excluding hydrogens is 304 g/mol. The third-order valence-corrected chi connectivity index (χ3v) is 4.48. The molecule has 0 aliphatic carbocycles. The van der Waals surface area contributed by atoms with Crippen LogP contribution >= 0.6 is 0 Å². The fraction of sp³-hybridized carbons (Fsp3) is 0.500. The molecule has 0 saturated carbocycles. The van der Waals surface area contributed by atoms with Gasteiger partial charge in [-0.2, -0.15) is 5.01 Å². The Labute approximate surface area is 140 Å². The second-order valence-corrected chi connectivity index (χ2v) is 6.35. The highest BCUT2D eigenvalue weighted by molar-refractivity contribution is 5.96. The Bertz CT molecular complexity index is 776. The molecule has 4 rings (SSSR count). The van der Waals surface area contributed by atoms with E-state index in [9.17, 15) is 0 Å². The molecule has 2 aliphatic heterocycles. The first-order valence-electron chi connectivity index (χ1n) is 8.30. The van der Waals surface area contributed by atoms with Gasteiger partial charge in [0.2, 0.25) is 0 Å². The highest BCUT2D eigenvalue weighted by Crippen LogP contribution is 2.17. The van der Waals surface area contributed by atoms with Crippen molar-refractivity contribution >= 4 is 17.6 Å². The van der Waals surface area contributed by atoms with Crippen molar-refractivity contribution in [3.8, 4) is 0 Å². The number of fused-ring (bicyclic) bond motifs is 1. The average molecular weight is 326 g/mol. The average Bonchev–Trinajstić information content (AvgIpc) is 3.28. The maximum atomic E-state index is 4.75. The second-order valence-electron chi connectivity index (χ2n) is 6.35. The van der Waals surface area contributed by atoms with Crippen molar-refractivity contribution in [2.24, 2.45) is 4.99 Å². The van der Waals surface area contributed by atoms with E-state index >= 15 is 0 Å². The van der Waals surface area contributed by atoms with Gasteiger partial charge in [0.1, 0.15) is 5.84 Å². The number of hydrazine groups is 1. The largest absolute Gasteiger partial charge is 0.300 e. The number of likely N-dealkylation sites (tertiary alicyclic amines) is 1. The van der Waals surface area contributed by atoms with Gasteiger partial charge in [-0.25, -0.2) is 14.5 Å². The summed E-state index contributed by atoms with van der Waals surface area (Å²) in [6.07, 6.45) is 8.21. The fourth-order valence-corrected chi connectivity index (χ4v) is 3.19. The number of rotatable bonds is 3. The Hall–Kier alpha value is -2.32. The van der Waals surface area contributed by atoms with Gasteiger partial charge in [-0.05, 0) is 38.8 Å². The van der Waals surface area contributed by atoms with Gasteiger partial charge >= 0.3 is 0 Å². The molecule has 1 fully saturated rings. The van der Waals surface area contributed by atoms with Crippen LogP contribution < -0.4 is 5.43 Å². The first kappa shape index (κ1) is 15.2. The van der Waals surface area contributed by atoms with E-state index in [0.29, 0.717) is 5.82 Å². The molecule has 8 heteroatoms. The number of hydrogen-bond donors (Lipinski definition) is 1. The standard InChI is InChI=1S/C16H22N8/c1-11-10-17-12(2)15-18-13(21-24(11)15)6-7-14-19-16(22(3)20-14)23-8-4-5-9-23/h6-7,10,16H,4-5,8-9H2,1-3H3,(H,19,20)/b7-6+. The van der Waals surface area contributed by atoms with E-state index in [1.165, 1.54) is 12.8 Å². The van der Waals surface area contributed by atoms with Crippen molar-refractivity contribution in [2.45, 2.75) is 33.0 Å². The monoisotopic (exact) mass is 326 g/mol. The Morgan fingerprint density at radius 1 is 1.21 bits per heavy atom. The van der Waals surface area contributed by atoms with E-state index in [4.69, 9.17) is 4.99 Å². The van der Waals surface area contributed by atoms with Crippen LogP contribution in [-0.2, 0) is 0 Å². The zero-order valence-electron chi connectivity index (χ0n) is 14.3. The Morgan fingerprint density at radius 2 is 2.00 bits per heavy atom. The smallest absolute Gasteiger partial charge is 0.177 e. The minimum atomic E-state index is 0.0786. The summed E-state index contributed by atoms with van der Waals surface area (Å²) in [6, 6.07) is 0. The normalized spacial score (nSPS) is 22.6. The molecule has 1 N–H and O–H groups in total. The van der Waals surface area contributed by atoms with E-state index in [1.54, 1.807) is 0 Å². The Balaban J connectivity index is 1.56. The lowest BCUT2D eigenvalue weighted by Gasteiger charge is -2.26. The summed E-state index contributed by atoms with van der Waals surface area (Å²) in [6.45, 7) is 6.13. The molecule has 2 aliphatic rings. The minimum absolute atomic E-state index is 0.0786. The highest BCUT2D eigenvalue weighted by atomic mass is 15.7. The first-order valence-corrected chi connectivity index (χ1v) is 8.30. The Morgan fingerprint density at radius 3 is 2.75 bits per heavy atom. The van der Waals surface area contributed by atoms with Crippen LogP contribution in [-0.4, -0.2) is 61.8 Å². The molecule has 126 valence electrons. The first-order chi connectivity index (χ1) is 11.6. The highest BCUT2D eigenvalue weighted by Gasteiger charge is 2.29. The van der Waals surface area contributed by atoms with E-state index in [2.05, 4.69) is 25.4 Å². The lowest BCUT2D eigenvalue weighted by Crippen LogP contribution is -2.45. The number of amidine groups is 1. The van der Waals surface area contributed by atoms with Crippen LogP contribution in [0.2, 0.25) is 0 Å². The zero-order valence-corrected chi connectivity index (χ0v) is 14.3. The molecule has 24 heavy (non-hydrogen) atoms. The van der Waals surface area contributed by atoms with Crippen LogP contribution in [0.4, 0.5) is 0 Å². The summed E-state index contributed by atoms with van der Waals surface area (Å²) >= 11 is 0. The minimum Gasteiger partial charge on any atom is -0.300 e. The van der Waals surface area contributed by atoms with Crippen LogP contribution in [0.1, 0.15) is 30.1 Å². The van der Waals surface area contributed by atoms with Gasteiger partial charge in [0.05, 0.1) is 11.4 Å². The molecule has 0 spiro atoms. The summed E-state index contributed by atoms with van der Waals surface area (Å²) in [5.74, 6) is 1.49. The topological polar surface area (TPSA) is 74.0 Å². The molecule has 1 unspecified atom stereocenters. The van der Waals surface area contributed by atoms with Crippen LogP contribution in [0.5, 0.6) is 0 Å². The van der Waals surface area contributed by atoms with Crippen molar-refractivity contribution in [3.63, 3.8) is 0 Å². The molecule has 0 radical (unpaired) electrons. The predicted octanol–water partition coefficient (Wildman–Crippen LogP) is 0.982. The number of aliphatic imine (C=N–C) groups is 1. The molecule has 1 saturated heterocycles. The summed E-state index contributed by atoms with van der Waals surface area (Å²) in [5.41, 5.74) is 5.92. The maximum absolute atomic E-state index is 4.75. The summed E-state index contributed by atoms with van der Waals surface area (Å²) in [7, 11) is 2.02. The predicted molar refractivity (Wildman–Crippen MR) is 92.2 cm³/mol. The van der Waals surface area contributed by atoms with Gasteiger partial charge in [-0.3, -0.25) is 9.88 Å². The van der Waals surface area contributed by atoms with Gasteiger partial charge in [0.25, 0.3) is 0 Å². The van der Waals surface area contributed by atoms with E-state index < -0.39 is 0 Å². The van der Waals surface area contributed by atoms with Crippen molar-refractivity contribution in [2.75, 3.05) is 20.1 Å². The number of hydrogen-bond acceptors (Lipinski definition) is 7. The molecule has 2 aromatic heterocycles. The van der Waals surface area contributed by atoms with E-state index in [1.807, 2.05) is 48.8 Å². The van der Waals surface area contributed by atoms with Gasteiger partial charge in [-0.15, -0.1) is 5.10 Å². The van der Waals surface area contributed by atoms with E-state index in [0.717, 1.165) is 36.0 Å². The summed E-state index contributed by atoms with van der Waals surface area (Å²) in [4.78, 5) is 16.0. The van der Waals surface area contributed by atoms with Gasteiger partial charge in [0, 0.05) is 26.3 Å². The van der Waals surface area contributed by atoms with Gasteiger partial charge in [0.15, 0.2) is 17.8 Å². The number of aryl methyl sites for hydroxylation is 2. The van der Waals surface area contributed by atoms with Crippen molar-refractivity contribution in [1.82, 2.24) is 34.9 Å². The van der Waals surface area contributed by atoms with Crippen LogP contribution in [0.15, 0.2) is 17.3 Å². The lowest BCUT2D eigenvalue weighted by molar-refractivity contribution is 0.0856. The van der Waals surface area contributed by atoms with Crippen LogP contribution in [0, 0.1) is 13.8 Å². The number of nitrogens with zero attached hydrogens (tertiary/aromatic N) is 7. The lowest BCUT2D eigenvalue weighted by atomic mass is 10.4. The third kappa shape index (κ3) is 2.67. The molecular formula is C16H22N8. The zero-order chi connectivity index (χ0) is 16.7. The Kier molecular flexibility index (Phi) is 3.78. The molecule has 2 aromatic rings. The molecule has 0 bridgehead atoms. The maximum Gasteiger partial charge on any atom is 0.177 e. The molecule has 0 aromatic carbocycles. The number of nitrogens with one attached hydrogen (secondary N) is 1. The van der Waals surface area contributed by atoms with E-state index in [-0.39, 0.29) is 6.29 Å². The van der Waals surface area contributed by atoms with Gasteiger partial charge in [-0.1, -0.05) is 0 Å².